The van der Waals surface area contributed by atoms with Gasteiger partial charge in [-0.05, 0) is 24.6 Å². The zero-order chi connectivity index (χ0) is 13.0. The van der Waals surface area contributed by atoms with Crippen LogP contribution in [0.4, 0.5) is 0 Å². The quantitative estimate of drug-likeness (QED) is 0.892. The van der Waals surface area contributed by atoms with Crippen molar-refractivity contribution < 1.29 is 9.47 Å². The summed E-state index contributed by atoms with van der Waals surface area (Å²) in [5.74, 6) is 1.15. The molecule has 2 N–H and O–H groups in total. The molecule has 1 aromatic carbocycles. The third-order valence-corrected chi connectivity index (χ3v) is 2.39. The minimum absolute atomic E-state index is 0.271. The van der Waals surface area contributed by atoms with E-state index in [4.69, 9.17) is 15.2 Å². The van der Waals surface area contributed by atoms with Crippen molar-refractivity contribution in [3.05, 3.63) is 41.6 Å². The summed E-state index contributed by atoms with van der Waals surface area (Å²) in [6.07, 6.45) is 0. The van der Waals surface area contributed by atoms with Crippen LogP contribution in [0, 0.1) is 6.92 Å². The van der Waals surface area contributed by atoms with Crippen molar-refractivity contribution in [2.75, 3.05) is 7.11 Å². The maximum atomic E-state index is 5.56. The Morgan fingerprint density at radius 1 is 1.17 bits per heavy atom. The summed E-state index contributed by atoms with van der Waals surface area (Å²) in [5.41, 5.74) is 7.36. The van der Waals surface area contributed by atoms with E-state index in [0.29, 0.717) is 18.2 Å². The predicted octanol–water partition coefficient (Wildman–Crippen LogP) is 2.04. The molecule has 2 aromatic rings. The minimum Gasteiger partial charge on any atom is -0.481 e. The number of ether oxygens (including phenoxy) is 2. The lowest BCUT2D eigenvalue weighted by atomic mass is 10.2. The zero-order valence-electron chi connectivity index (χ0n) is 10.4. The molecule has 0 radical (unpaired) electrons. The highest BCUT2D eigenvalue weighted by atomic mass is 16.5. The number of methoxy groups -OCH3 is 1. The molecule has 0 aliphatic carbocycles. The molecule has 5 nitrogen and oxygen atoms in total. The monoisotopic (exact) mass is 245 g/mol. The van der Waals surface area contributed by atoms with Crippen molar-refractivity contribution in [2.45, 2.75) is 13.5 Å². The fourth-order valence-electron chi connectivity index (χ4n) is 1.46. The van der Waals surface area contributed by atoms with Crippen LogP contribution in [-0.4, -0.2) is 17.1 Å². The van der Waals surface area contributed by atoms with Gasteiger partial charge in [0, 0.05) is 18.3 Å². The first-order chi connectivity index (χ1) is 8.71. The topological polar surface area (TPSA) is 70.3 Å². The van der Waals surface area contributed by atoms with E-state index in [2.05, 4.69) is 9.97 Å². The molecule has 0 aliphatic heterocycles. The van der Waals surface area contributed by atoms with Gasteiger partial charge in [0.2, 0.25) is 5.88 Å². The van der Waals surface area contributed by atoms with Crippen molar-refractivity contribution in [2.24, 2.45) is 5.73 Å². The van der Waals surface area contributed by atoms with Crippen LogP contribution in [0.25, 0.3) is 0 Å². The van der Waals surface area contributed by atoms with Gasteiger partial charge in [-0.3, -0.25) is 0 Å². The summed E-state index contributed by atoms with van der Waals surface area (Å²) in [6, 6.07) is 9.49. The SMILES string of the molecule is COc1cc(C)nc(Oc2ccc(CN)cc2)n1. The van der Waals surface area contributed by atoms with Crippen molar-refractivity contribution in [1.29, 1.82) is 0 Å². The fraction of sp³-hybridized carbons (Fsp3) is 0.231. The maximum absolute atomic E-state index is 5.56. The van der Waals surface area contributed by atoms with E-state index in [1.807, 2.05) is 31.2 Å². The molecule has 0 aliphatic rings. The van der Waals surface area contributed by atoms with Gasteiger partial charge >= 0.3 is 6.01 Å². The Balaban J connectivity index is 2.19. The van der Waals surface area contributed by atoms with Crippen LogP contribution in [0.15, 0.2) is 30.3 Å². The molecule has 1 heterocycles. The summed E-state index contributed by atoms with van der Waals surface area (Å²) >= 11 is 0. The number of benzene rings is 1. The Labute approximate surface area is 106 Å². The van der Waals surface area contributed by atoms with Gasteiger partial charge < -0.3 is 15.2 Å². The largest absolute Gasteiger partial charge is 0.481 e. The molecule has 0 bridgehead atoms. The summed E-state index contributed by atoms with van der Waals surface area (Å²) < 4.78 is 10.6. The number of nitrogens with two attached hydrogens (primary N) is 1. The standard InChI is InChI=1S/C13H15N3O2/c1-9-7-12(17-2)16-13(15-9)18-11-5-3-10(8-14)4-6-11/h3-7H,8,14H2,1-2H3. The van der Waals surface area contributed by atoms with Gasteiger partial charge in [0.15, 0.2) is 0 Å². The normalized spacial score (nSPS) is 10.2. The van der Waals surface area contributed by atoms with Gasteiger partial charge in [-0.15, -0.1) is 0 Å². The van der Waals surface area contributed by atoms with Crippen molar-refractivity contribution in [3.63, 3.8) is 0 Å². The molecule has 1 aromatic heterocycles. The Hall–Kier alpha value is -2.14. The van der Waals surface area contributed by atoms with Crippen LogP contribution in [-0.2, 0) is 6.54 Å². The van der Waals surface area contributed by atoms with Crippen LogP contribution >= 0.6 is 0 Å². The molecule has 5 heteroatoms. The van der Waals surface area contributed by atoms with Crippen LogP contribution in [0.5, 0.6) is 17.6 Å². The number of hydrogen-bond donors (Lipinski definition) is 1. The molecule has 0 atom stereocenters. The number of nitrogens with zero attached hydrogens (tertiary/aromatic N) is 2. The number of aryl methyl sites for hydroxylation is 1. The average Bonchev–Trinajstić information content (AvgIpc) is 2.39. The van der Waals surface area contributed by atoms with Crippen molar-refractivity contribution in [3.8, 4) is 17.6 Å². The Morgan fingerprint density at radius 2 is 1.89 bits per heavy atom. The van der Waals surface area contributed by atoms with Gasteiger partial charge in [0.1, 0.15) is 5.75 Å². The lowest BCUT2D eigenvalue weighted by molar-refractivity contribution is 0.375. The molecule has 0 fully saturated rings. The third kappa shape index (κ3) is 2.95. The molecule has 94 valence electrons. The van der Waals surface area contributed by atoms with Gasteiger partial charge in [0.25, 0.3) is 0 Å². The van der Waals surface area contributed by atoms with Gasteiger partial charge in [-0.1, -0.05) is 12.1 Å². The second kappa shape index (κ2) is 5.46. The second-order valence-electron chi connectivity index (χ2n) is 3.78. The number of hydrogen-bond acceptors (Lipinski definition) is 5. The highest BCUT2D eigenvalue weighted by molar-refractivity contribution is 5.30. The molecule has 0 saturated heterocycles. The second-order valence-corrected chi connectivity index (χ2v) is 3.78. The highest BCUT2D eigenvalue weighted by Gasteiger charge is 2.04. The van der Waals surface area contributed by atoms with Gasteiger partial charge in [-0.2, -0.15) is 9.97 Å². The van der Waals surface area contributed by atoms with E-state index >= 15 is 0 Å². The van der Waals surface area contributed by atoms with E-state index in [-0.39, 0.29) is 6.01 Å². The van der Waals surface area contributed by atoms with E-state index in [1.54, 1.807) is 13.2 Å². The molecule has 0 unspecified atom stereocenters. The Kier molecular flexibility index (Phi) is 3.74. The van der Waals surface area contributed by atoms with Crippen LogP contribution in [0.2, 0.25) is 0 Å². The van der Waals surface area contributed by atoms with E-state index in [9.17, 15) is 0 Å². The lowest BCUT2D eigenvalue weighted by Gasteiger charge is -2.06. The number of aromatic nitrogens is 2. The Bertz CT molecular complexity index is 526. The minimum atomic E-state index is 0.271. The smallest absolute Gasteiger partial charge is 0.325 e. The predicted molar refractivity (Wildman–Crippen MR) is 67.7 cm³/mol. The van der Waals surface area contributed by atoms with Crippen LogP contribution in [0.1, 0.15) is 11.3 Å². The molecule has 2 rings (SSSR count). The van der Waals surface area contributed by atoms with Crippen molar-refractivity contribution >= 4 is 0 Å². The highest BCUT2D eigenvalue weighted by Crippen LogP contribution is 2.20. The molecule has 0 amide bonds. The van der Waals surface area contributed by atoms with Gasteiger partial charge in [-0.25, -0.2) is 0 Å². The first-order valence-corrected chi connectivity index (χ1v) is 5.58. The first kappa shape index (κ1) is 12.3. The van der Waals surface area contributed by atoms with E-state index < -0.39 is 0 Å². The summed E-state index contributed by atoms with van der Waals surface area (Å²) in [5, 5.41) is 0. The third-order valence-electron chi connectivity index (χ3n) is 2.39. The first-order valence-electron chi connectivity index (χ1n) is 5.58. The molecular weight excluding hydrogens is 230 g/mol. The van der Waals surface area contributed by atoms with E-state index in [0.717, 1.165) is 11.3 Å². The van der Waals surface area contributed by atoms with E-state index in [1.165, 1.54) is 0 Å². The molecule has 0 saturated carbocycles. The summed E-state index contributed by atoms with van der Waals surface area (Å²) in [4.78, 5) is 8.29. The zero-order valence-corrected chi connectivity index (χ0v) is 10.4. The lowest BCUT2D eigenvalue weighted by Crippen LogP contribution is -1.98. The fourth-order valence-corrected chi connectivity index (χ4v) is 1.46. The molecule has 18 heavy (non-hydrogen) atoms. The average molecular weight is 245 g/mol. The Morgan fingerprint density at radius 3 is 2.50 bits per heavy atom. The van der Waals surface area contributed by atoms with Crippen LogP contribution < -0.4 is 15.2 Å². The van der Waals surface area contributed by atoms with Crippen molar-refractivity contribution in [1.82, 2.24) is 9.97 Å². The maximum Gasteiger partial charge on any atom is 0.325 e. The molecule has 0 spiro atoms. The summed E-state index contributed by atoms with van der Waals surface area (Å²) in [6.45, 7) is 2.36. The van der Waals surface area contributed by atoms with Crippen LogP contribution in [0.3, 0.4) is 0 Å². The summed E-state index contributed by atoms with van der Waals surface area (Å²) in [7, 11) is 1.56. The number of rotatable bonds is 4. The van der Waals surface area contributed by atoms with Gasteiger partial charge in [0.05, 0.1) is 7.11 Å². The molecular formula is C13H15N3O2.